The first-order chi connectivity index (χ1) is 14.1. The smallest absolute Gasteiger partial charge is 0.253 e. The molecule has 2 aromatic carbocycles. The summed E-state index contributed by atoms with van der Waals surface area (Å²) < 4.78 is 0. The van der Waals surface area contributed by atoms with E-state index in [0.717, 1.165) is 27.8 Å². The summed E-state index contributed by atoms with van der Waals surface area (Å²) in [7, 11) is 0. The number of aromatic amines is 1. The topological polar surface area (TPSA) is 72.8 Å². The Morgan fingerprint density at radius 2 is 1.86 bits per heavy atom. The Hall–Kier alpha value is -3.91. The van der Waals surface area contributed by atoms with Gasteiger partial charge in [0, 0.05) is 23.8 Å². The number of benzene rings is 2. The fraction of sp³-hybridized carbons (Fsp3) is 0.125. The van der Waals surface area contributed by atoms with Gasteiger partial charge in [0.2, 0.25) is 0 Å². The predicted octanol–water partition coefficient (Wildman–Crippen LogP) is 4.31. The van der Waals surface area contributed by atoms with Gasteiger partial charge in [-0.3, -0.25) is 4.79 Å². The molecule has 4 rings (SSSR count). The molecule has 0 aliphatic carbocycles. The molecule has 0 saturated carbocycles. The highest BCUT2D eigenvalue weighted by atomic mass is 16.1. The molecule has 142 valence electrons. The minimum atomic E-state index is -0.104. The van der Waals surface area contributed by atoms with Crippen LogP contribution in [0, 0.1) is 18.3 Å². The number of nitrogens with zero attached hydrogens (tertiary/aromatic N) is 3. The SMILES string of the molecule is Cc1ccc2[nH]c(=O)c(CN(Cc3ccccc3)c3ccc(C#N)cn3)cc2c1. The molecule has 0 fully saturated rings. The molecule has 29 heavy (non-hydrogen) atoms. The molecule has 2 heterocycles. The molecule has 0 bridgehead atoms. The number of fused-ring (bicyclic) bond motifs is 1. The second-order valence-corrected chi connectivity index (χ2v) is 7.07. The minimum Gasteiger partial charge on any atom is -0.348 e. The summed E-state index contributed by atoms with van der Waals surface area (Å²) in [5, 5.41) is 10.1. The number of rotatable bonds is 5. The van der Waals surface area contributed by atoms with Crippen molar-refractivity contribution in [2.24, 2.45) is 0 Å². The lowest BCUT2D eigenvalue weighted by atomic mass is 10.1. The van der Waals surface area contributed by atoms with E-state index in [4.69, 9.17) is 5.26 Å². The van der Waals surface area contributed by atoms with Crippen LogP contribution in [0.1, 0.15) is 22.3 Å². The predicted molar refractivity (Wildman–Crippen MR) is 115 cm³/mol. The Labute approximate surface area is 168 Å². The van der Waals surface area contributed by atoms with Gasteiger partial charge in [0.15, 0.2) is 0 Å². The lowest BCUT2D eigenvalue weighted by molar-refractivity contribution is 0.777. The second-order valence-electron chi connectivity index (χ2n) is 7.07. The first kappa shape index (κ1) is 18.5. The largest absolute Gasteiger partial charge is 0.348 e. The van der Waals surface area contributed by atoms with E-state index in [0.29, 0.717) is 24.2 Å². The van der Waals surface area contributed by atoms with Crippen LogP contribution in [-0.2, 0) is 13.1 Å². The molecule has 0 radical (unpaired) electrons. The van der Waals surface area contributed by atoms with Crippen molar-refractivity contribution in [2.75, 3.05) is 4.90 Å². The molecule has 4 aromatic rings. The number of pyridine rings is 2. The molecule has 2 aromatic heterocycles. The Bertz CT molecular complexity index is 1240. The molecular formula is C24H20N4O. The summed E-state index contributed by atoms with van der Waals surface area (Å²) in [6, 6.07) is 23.6. The molecule has 1 N–H and O–H groups in total. The Kier molecular flexibility index (Phi) is 5.08. The Morgan fingerprint density at radius 1 is 1.03 bits per heavy atom. The lowest BCUT2D eigenvalue weighted by Crippen LogP contribution is -2.27. The van der Waals surface area contributed by atoms with Crippen LogP contribution in [-0.4, -0.2) is 9.97 Å². The second kappa shape index (κ2) is 7.99. The van der Waals surface area contributed by atoms with Gasteiger partial charge in [0.25, 0.3) is 5.56 Å². The maximum absolute atomic E-state index is 12.7. The van der Waals surface area contributed by atoms with E-state index in [2.05, 4.69) is 22.1 Å². The van der Waals surface area contributed by atoms with E-state index in [1.165, 1.54) is 0 Å². The highest BCUT2D eigenvalue weighted by molar-refractivity contribution is 5.79. The molecular weight excluding hydrogens is 360 g/mol. The number of nitrogens with one attached hydrogen (secondary N) is 1. The molecule has 5 nitrogen and oxygen atoms in total. The molecule has 0 spiro atoms. The monoisotopic (exact) mass is 380 g/mol. The summed E-state index contributed by atoms with van der Waals surface area (Å²) in [6.45, 7) is 3.05. The van der Waals surface area contributed by atoms with E-state index in [-0.39, 0.29) is 5.56 Å². The molecule has 0 aliphatic heterocycles. The van der Waals surface area contributed by atoms with Gasteiger partial charge in [0.1, 0.15) is 11.9 Å². The quantitative estimate of drug-likeness (QED) is 0.560. The van der Waals surface area contributed by atoms with E-state index >= 15 is 0 Å². The standard InChI is InChI=1S/C24H20N4O/c1-17-7-9-22-20(11-17)12-21(24(29)27-22)16-28(15-18-5-3-2-4-6-18)23-10-8-19(13-25)14-26-23/h2-12,14H,15-16H2,1H3,(H,27,29). The highest BCUT2D eigenvalue weighted by Crippen LogP contribution is 2.19. The summed E-state index contributed by atoms with van der Waals surface area (Å²) >= 11 is 0. The van der Waals surface area contributed by atoms with Crippen LogP contribution in [0.4, 0.5) is 5.82 Å². The third-order valence-corrected chi connectivity index (χ3v) is 4.86. The summed E-state index contributed by atoms with van der Waals surface area (Å²) in [5.41, 5.74) is 4.17. The number of hydrogen-bond acceptors (Lipinski definition) is 4. The third-order valence-electron chi connectivity index (χ3n) is 4.86. The number of aryl methyl sites for hydroxylation is 1. The van der Waals surface area contributed by atoms with Crippen LogP contribution in [0.5, 0.6) is 0 Å². The summed E-state index contributed by atoms with van der Waals surface area (Å²) in [6.07, 6.45) is 1.56. The zero-order valence-corrected chi connectivity index (χ0v) is 16.1. The van der Waals surface area contributed by atoms with Crippen molar-refractivity contribution in [3.8, 4) is 6.07 Å². The first-order valence-electron chi connectivity index (χ1n) is 9.40. The molecule has 0 amide bonds. The number of H-pyrrole nitrogens is 1. The van der Waals surface area contributed by atoms with Crippen molar-refractivity contribution in [3.05, 3.63) is 106 Å². The summed E-state index contributed by atoms with van der Waals surface area (Å²) in [4.78, 5) is 22.2. The zero-order valence-electron chi connectivity index (χ0n) is 16.1. The van der Waals surface area contributed by atoms with Crippen molar-refractivity contribution >= 4 is 16.7 Å². The maximum atomic E-state index is 12.7. The van der Waals surface area contributed by atoms with Gasteiger partial charge in [-0.15, -0.1) is 0 Å². The van der Waals surface area contributed by atoms with Gasteiger partial charge in [0.05, 0.1) is 12.1 Å². The number of hydrogen-bond donors (Lipinski definition) is 1. The van der Waals surface area contributed by atoms with Crippen LogP contribution in [0.3, 0.4) is 0 Å². The number of anilines is 1. The van der Waals surface area contributed by atoms with Crippen molar-refractivity contribution in [1.29, 1.82) is 5.26 Å². The van der Waals surface area contributed by atoms with Crippen LogP contribution >= 0.6 is 0 Å². The van der Waals surface area contributed by atoms with Gasteiger partial charge < -0.3 is 9.88 Å². The molecule has 0 unspecified atom stereocenters. The average molecular weight is 380 g/mol. The molecule has 0 aliphatic rings. The molecule has 0 atom stereocenters. The normalized spacial score (nSPS) is 10.6. The van der Waals surface area contributed by atoms with Crippen LogP contribution in [0.25, 0.3) is 10.9 Å². The highest BCUT2D eigenvalue weighted by Gasteiger charge is 2.13. The van der Waals surface area contributed by atoms with Gasteiger partial charge in [-0.2, -0.15) is 5.26 Å². The van der Waals surface area contributed by atoms with Gasteiger partial charge in [-0.25, -0.2) is 4.98 Å². The minimum absolute atomic E-state index is 0.104. The summed E-state index contributed by atoms with van der Waals surface area (Å²) in [5.74, 6) is 0.719. The van der Waals surface area contributed by atoms with Crippen molar-refractivity contribution in [3.63, 3.8) is 0 Å². The third kappa shape index (κ3) is 4.17. The fourth-order valence-electron chi connectivity index (χ4n) is 3.36. The van der Waals surface area contributed by atoms with E-state index in [1.807, 2.05) is 66.4 Å². The van der Waals surface area contributed by atoms with Gasteiger partial charge in [-0.1, -0.05) is 42.0 Å². The van der Waals surface area contributed by atoms with E-state index in [9.17, 15) is 4.79 Å². The lowest BCUT2D eigenvalue weighted by Gasteiger charge is -2.24. The van der Waals surface area contributed by atoms with Gasteiger partial charge >= 0.3 is 0 Å². The molecule has 5 heteroatoms. The van der Waals surface area contributed by atoms with Crippen molar-refractivity contribution in [2.45, 2.75) is 20.0 Å². The molecule has 0 saturated heterocycles. The zero-order chi connectivity index (χ0) is 20.2. The van der Waals surface area contributed by atoms with E-state index in [1.54, 1.807) is 12.3 Å². The van der Waals surface area contributed by atoms with Crippen molar-refractivity contribution in [1.82, 2.24) is 9.97 Å². The Morgan fingerprint density at radius 3 is 2.59 bits per heavy atom. The van der Waals surface area contributed by atoms with Crippen molar-refractivity contribution < 1.29 is 0 Å². The average Bonchev–Trinajstić information content (AvgIpc) is 2.75. The number of nitriles is 1. The van der Waals surface area contributed by atoms with Crippen LogP contribution in [0.15, 0.2) is 77.7 Å². The number of aromatic nitrogens is 2. The fourth-order valence-corrected chi connectivity index (χ4v) is 3.36. The first-order valence-corrected chi connectivity index (χ1v) is 9.40. The van der Waals surface area contributed by atoms with Gasteiger partial charge in [-0.05, 0) is 48.2 Å². The van der Waals surface area contributed by atoms with Crippen LogP contribution in [0.2, 0.25) is 0 Å². The van der Waals surface area contributed by atoms with E-state index < -0.39 is 0 Å². The van der Waals surface area contributed by atoms with Crippen LogP contribution < -0.4 is 10.5 Å². The Balaban J connectivity index is 1.72. The maximum Gasteiger partial charge on any atom is 0.253 e.